The monoisotopic (exact) mass is 673 g/mol. The highest BCUT2D eigenvalue weighted by molar-refractivity contribution is 6.39. The van der Waals surface area contributed by atoms with Crippen molar-refractivity contribution in [2.45, 2.75) is 31.6 Å². The summed E-state index contributed by atoms with van der Waals surface area (Å²) >= 11 is 6.57. The van der Waals surface area contributed by atoms with Gasteiger partial charge in [0, 0.05) is 30.6 Å². The number of hydrogen-bond donors (Lipinski definition) is 1. The smallest absolute Gasteiger partial charge is 0.335 e. The molecule has 3 aliphatic rings. The summed E-state index contributed by atoms with van der Waals surface area (Å²) in [6.07, 6.45) is 4.81. The van der Waals surface area contributed by atoms with Gasteiger partial charge in [0.25, 0.3) is 11.8 Å². The van der Waals surface area contributed by atoms with Crippen LogP contribution in [0, 0.1) is 0 Å². The lowest BCUT2D eigenvalue weighted by Gasteiger charge is -2.44. The van der Waals surface area contributed by atoms with Gasteiger partial charge in [-0.1, -0.05) is 84.9 Å². The molecular formula is C40H36ClN3O5. The van der Waals surface area contributed by atoms with E-state index in [-0.39, 0.29) is 29.0 Å². The molecule has 248 valence electrons. The molecule has 1 saturated heterocycles. The molecule has 8 nitrogen and oxygen atoms in total. The van der Waals surface area contributed by atoms with E-state index >= 15 is 0 Å². The summed E-state index contributed by atoms with van der Waals surface area (Å²) in [4.78, 5) is 44.6. The molecule has 3 heterocycles. The number of nitrogens with zero attached hydrogens (tertiary/aromatic N) is 2. The third-order valence-corrected chi connectivity index (χ3v) is 9.63. The summed E-state index contributed by atoms with van der Waals surface area (Å²) in [5.41, 5.74) is 6.31. The summed E-state index contributed by atoms with van der Waals surface area (Å²) < 4.78 is 11.5. The predicted molar refractivity (Wildman–Crippen MR) is 192 cm³/mol. The van der Waals surface area contributed by atoms with Crippen molar-refractivity contribution in [3.8, 4) is 11.5 Å². The summed E-state index contributed by atoms with van der Waals surface area (Å²) in [5.74, 6) is -0.681. The number of halogens is 1. The van der Waals surface area contributed by atoms with Crippen molar-refractivity contribution in [3.05, 3.63) is 136 Å². The minimum atomic E-state index is -0.795. The van der Waals surface area contributed by atoms with Crippen LogP contribution in [-0.4, -0.2) is 44.1 Å². The Hall–Kier alpha value is -5.34. The van der Waals surface area contributed by atoms with Crippen molar-refractivity contribution in [1.29, 1.82) is 0 Å². The van der Waals surface area contributed by atoms with Crippen LogP contribution in [0.5, 0.6) is 11.5 Å². The van der Waals surface area contributed by atoms with Crippen LogP contribution in [0.3, 0.4) is 0 Å². The first-order chi connectivity index (χ1) is 23.9. The number of imide groups is 2. The highest BCUT2D eigenvalue weighted by Gasteiger charge is 2.40. The van der Waals surface area contributed by atoms with Crippen LogP contribution in [0.4, 0.5) is 16.2 Å². The van der Waals surface area contributed by atoms with Crippen LogP contribution in [0.15, 0.2) is 103 Å². The standard InChI is InChI=1S/C40H36ClN3O5/c1-3-19-49-37-34(41)21-25(22-35(37)48-4-2)20-33-38(45)42-40(47)44(39(33)46)28-23-31-29(26-11-7-5-8-12-26)15-17-43-18-16-30(32(24-28)36(31)43)27-13-9-6-10-14-27/h3,5-14,20-24,29-30H,1,4,15-19H2,2H3,(H,42,45,47)/b33-20+/t29-,30-/m1/s1. The van der Waals surface area contributed by atoms with Gasteiger partial charge in [-0.15, -0.1) is 0 Å². The van der Waals surface area contributed by atoms with E-state index in [1.807, 2.05) is 55.5 Å². The SMILES string of the molecule is C=CCOc1c(Cl)cc(/C=C2\C(=O)NC(=O)N(c3cc4c5c(c3)[C@@H](c3ccccc3)CCN5CC[C@@H]4c3ccccc3)C2=O)cc1OCC. The molecule has 7 rings (SSSR count). The van der Waals surface area contributed by atoms with Crippen molar-refractivity contribution in [2.75, 3.05) is 36.1 Å². The number of carbonyl (C=O) groups excluding carboxylic acids is 3. The van der Waals surface area contributed by atoms with E-state index in [0.29, 0.717) is 29.4 Å². The van der Waals surface area contributed by atoms with E-state index in [1.54, 1.807) is 18.2 Å². The quantitative estimate of drug-likeness (QED) is 0.111. The molecule has 49 heavy (non-hydrogen) atoms. The molecule has 0 spiro atoms. The summed E-state index contributed by atoms with van der Waals surface area (Å²) in [6, 6.07) is 27.0. The third kappa shape index (κ3) is 6.08. The van der Waals surface area contributed by atoms with Gasteiger partial charge in [-0.3, -0.25) is 14.9 Å². The topological polar surface area (TPSA) is 88.2 Å². The van der Waals surface area contributed by atoms with E-state index in [2.05, 4.69) is 41.1 Å². The minimum absolute atomic E-state index is 0.0706. The van der Waals surface area contributed by atoms with Gasteiger partial charge < -0.3 is 14.4 Å². The van der Waals surface area contributed by atoms with Crippen LogP contribution in [0.2, 0.25) is 5.02 Å². The second kappa shape index (κ2) is 13.6. The second-order valence-corrected chi connectivity index (χ2v) is 12.7. The molecular weight excluding hydrogens is 638 g/mol. The van der Waals surface area contributed by atoms with E-state index < -0.39 is 17.8 Å². The Morgan fingerprint density at radius 1 is 0.878 bits per heavy atom. The number of urea groups is 1. The largest absolute Gasteiger partial charge is 0.490 e. The molecule has 2 atom stereocenters. The summed E-state index contributed by atoms with van der Waals surface area (Å²) in [7, 11) is 0. The number of anilines is 2. The number of nitrogens with one attached hydrogen (secondary N) is 1. The normalized spacial score (nSPS) is 19.4. The molecule has 0 aliphatic carbocycles. The zero-order chi connectivity index (χ0) is 34.1. The number of carbonyl (C=O) groups is 3. The number of ether oxygens (including phenoxy) is 2. The van der Waals surface area contributed by atoms with Crippen LogP contribution in [-0.2, 0) is 9.59 Å². The van der Waals surface area contributed by atoms with Gasteiger partial charge in [-0.2, -0.15) is 0 Å². The van der Waals surface area contributed by atoms with Crippen molar-refractivity contribution in [3.63, 3.8) is 0 Å². The Bertz CT molecular complexity index is 1900. The fourth-order valence-electron chi connectivity index (χ4n) is 7.24. The molecule has 3 aliphatic heterocycles. The lowest BCUT2D eigenvalue weighted by molar-refractivity contribution is -0.122. The maximum atomic E-state index is 14.3. The number of hydrogen-bond acceptors (Lipinski definition) is 6. The molecule has 0 aromatic heterocycles. The van der Waals surface area contributed by atoms with E-state index in [4.69, 9.17) is 21.1 Å². The van der Waals surface area contributed by atoms with Crippen molar-refractivity contribution in [1.82, 2.24) is 5.32 Å². The minimum Gasteiger partial charge on any atom is -0.490 e. The lowest BCUT2D eigenvalue weighted by atomic mass is 9.76. The lowest BCUT2D eigenvalue weighted by Crippen LogP contribution is -2.54. The van der Waals surface area contributed by atoms with Crippen LogP contribution in [0.25, 0.3) is 6.08 Å². The molecule has 4 aromatic carbocycles. The van der Waals surface area contributed by atoms with E-state index in [9.17, 15) is 14.4 Å². The van der Waals surface area contributed by atoms with E-state index in [1.165, 1.54) is 17.2 Å². The highest BCUT2D eigenvalue weighted by Crippen LogP contribution is 2.50. The maximum Gasteiger partial charge on any atom is 0.335 e. The van der Waals surface area contributed by atoms with Crippen molar-refractivity contribution >= 4 is 46.9 Å². The Kier molecular flexibility index (Phi) is 8.97. The molecule has 1 fully saturated rings. The zero-order valence-electron chi connectivity index (χ0n) is 27.2. The van der Waals surface area contributed by atoms with Gasteiger partial charge in [-0.05, 0) is 77.9 Å². The van der Waals surface area contributed by atoms with Gasteiger partial charge in [0.05, 0.1) is 17.3 Å². The number of benzene rings is 4. The zero-order valence-corrected chi connectivity index (χ0v) is 27.9. The number of rotatable bonds is 9. The first-order valence-corrected chi connectivity index (χ1v) is 16.9. The number of amides is 4. The van der Waals surface area contributed by atoms with Gasteiger partial charge in [0.1, 0.15) is 12.2 Å². The Balaban J connectivity index is 1.35. The second-order valence-electron chi connectivity index (χ2n) is 12.3. The van der Waals surface area contributed by atoms with Crippen molar-refractivity contribution < 1.29 is 23.9 Å². The summed E-state index contributed by atoms with van der Waals surface area (Å²) in [6.45, 7) is 7.89. The fraction of sp³-hybridized carbons (Fsp3) is 0.225. The Morgan fingerprint density at radius 2 is 1.49 bits per heavy atom. The molecule has 0 saturated carbocycles. The van der Waals surface area contributed by atoms with Crippen LogP contribution < -0.4 is 24.6 Å². The molecule has 0 bridgehead atoms. The van der Waals surface area contributed by atoms with Crippen LogP contribution >= 0.6 is 11.6 Å². The molecule has 1 N–H and O–H groups in total. The maximum absolute atomic E-state index is 14.3. The Labute approximate surface area is 290 Å². The predicted octanol–water partition coefficient (Wildman–Crippen LogP) is 7.85. The first-order valence-electron chi connectivity index (χ1n) is 16.5. The molecule has 4 aromatic rings. The number of barbiturate groups is 1. The summed E-state index contributed by atoms with van der Waals surface area (Å²) in [5, 5.41) is 2.64. The van der Waals surface area contributed by atoms with Gasteiger partial charge >= 0.3 is 6.03 Å². The van der Waals surface area contributed by atoms with Crippen LogP contribution in [0.1, 0.15) is 59.4 Å². The molecule has 9 heteroatoms. The van der Waals surface area contributed by atoms with Gasteiger partial charge in [0.15, 0.2) is 11.5 Å². The molecule has 4 amide bonds. The van der Waals surface area contributed by atoms with Crippen molar-refractivity contribution in [2.24, 2.45) is 0 Å². The van der Waals surface area contributed by atoms with E-state index in [0.717, 1.165) is 47.6 Å². The molecule has 0 radical (unpaired) electrons. The van der Waals surface area contributed by atoms with Gasteiger partial charge in [0.2, 0.25) is 0 Å². The van der Waals surface area contributed by atoms with Gasteiger partial charge in [-0.25, -0.2) is 9.69 Å². The highest BCUT2D eigenvalue weighted by atomic mass is 35.5. The average Bonchev–Trinajstić information content (AvgIpc) is 3.11. The first kappa shape index (κ1) is 32.2. The average molecular weight is 674 g/mol. The third-order valence-electron chi connectivity index (χ3n) is 9.35. The Morgan fingerprint density at radius 3 is 2.06 bits per heavy atom. The fourth-order valence-corrected chi connectivity index (χ4v) is 7.52. The molecule has 0 unspecified atom stereocenters.